The van der Waals surface area contributed by atoms with E-state index >= 15 is 0 Å². The highest BCUT2D eigenvalue weighted by molar-refractivity contribution is 9.10. The third-order valence-corrected chi connectivity index (χ3v) is 3.84. The van der Waals surface area contributed by atoms with Crippen LogP contribution in [0.15, 0.2) is 27.6 Å². The minimum Gasteiger partial charge on any atom is -0.538 e. The standard InChI is InChI=1S/C9H10BrFNO4S/c10-6-1-2-9(8(11)3-6)17(15,16)12-7(4-13)5-14/h1-3,7,13-14H,4-5H2/q-1. The van der Waals surface area contributed by atoms with E-state index in [2.05, 4.69) is 20.7 Å². The van der Waals surface area contributed by atoms with Crippen molar-refractivity contribution in [2.45, 2.75) is 10.9 Å². The Balaban J connectivity index is 3.05. The van der Waals surface area contributed by atoms with Gasteiger partial charge in [-0.3, -0.25) is 0 Å². The number of sulfonamides is 1. The second-order valence-electron chi connectivity index (χ2n) is 3.17. The van der Waals surface area contributed by atoms with Crippen LogP contribution in [-0.2, 0) is 10.0 Å². The van der Waals surface area contributed by atoms with Crippen LogP contribution in [0.25, 0.3) is 4.72 Å². The second kappa shape index (κ2) is 5.87. The zero-order chi connectivity index (χ0) is 13.1. The molecule has 0 aliphatic heterocycles. The Hall–Kier alpha value is -0.540. The molecule has 0 unspecified atom stereocenters. The lowest BCUT2D eigenvalue weighted by molar-refractivity contribution is 0.210. The predicted molar refractivity (Wildman–Crippen MR) is 62.6 cm³/mol. The highest BCUT2D eigenvalue weighted by Gasteiger charge is 2.13. The lowest BCUT2D eigenvalue weighted by Crippen LogP contribution is -2.21. The Bertz CT molecular complexity index is 490. The predicted octanol–water partition coefficient (Wildman–Crippen LogP) is 1.00. The average Bonchev–Trinajstić information content (AvgIpc) is 2.25. The molecule has 0 spiro atoms. The van der Waals surface area contributed by atoms with Crippen LogP contribution in [0.1, 0.15) is 0 Å². The molecule has 8 heteroatoms. The molecular weight excluding hydrogens is 317 g/mol. The van der Waals surface area contributed by atoms with Crippen molar-refractivity contribution in [3.8, 4) is 0 Å². The molecule has 0 fully saturated rings. The fourth-order valence-electron chi connectivity index (χ4n) is 1.06. The molecule has 0 aliphatic carbocycles. The van der Waals surface area contributed by atoms with Gasteiger partial charge in [-0.1, -0.05) is 22.0 Å². The quantitative estimate of drug-likeness (QED) is 0.845. The molecule has 1 rings (SSSR count). The van der Waals surface area contributed by atoms with Gasteiger partial charge in [0.2, 0.25) is 0 Å². The summed E-state index contributed by atoms with van der Waals surface area (Å²) in [6.07, 6.45) is 0. The number of benzene rings is 1. The maximum Gasteiger partial charge on any atom is 0.141 e. The molecule has 0 aliphatic rings. The van der Waals surface area contributed by atoms with E-state index in [0.29, 0.717) is 4.47 Å². The Kier molecular flexibility index (Phi) is 5.02. The molecule has 0 bridgehead atoms. The molecule has 2 N–H and O–H groups in total. The van der Waals surface area contributed by atoms with Crippen LogP contribution in [0, 0.1) is 5.82 Å². The van der Waals surface area contributed by atoms with E-state index in [0.717, 1.165) is 12.1 Å². The summed E-state index contributed by atoms with van der Waals surface area (Å²) in [5.41, 5.74) is 0. The number of rotatable bonds is 5. The summed E-state index contributed by atoms with van der Waals surface area (Å²) in [5.74, 6) is -0.947. The van der Waals surface area contributed by atoms with Gasteiger partial charge >= 0.3 is 0 Å². The Morgan fingerprint density at radius 3 is 2.41 bits per heavy atom. The molecular formula is C9H10BrFNO4S-. The highest BCUT2D eigenvalue weighted by atomic mass is 79.9. The molecule has 5 nitrogen and oxygen atoms in total. The summed E-state index contributed by atoms with van der Waals surface area (Å²) < 4.78 is 40.3. The van der Waals surface area contributed by atoms with Crippen LogP contribution in [0.3, 0.4) is 0 Å². The Morgan fingerprint density at radius 2 is 1.94 bits per heavy atom. The Labute approximate surface area is 106 Å². The summed E-state index contributed by atoms with van der Waals surface area (Å²) in [6, 6.07) is 2.24. The van der Waals surface area contributed by atoms with Gasteiger partial charge in [-0.15, -0.1) is 0 Å². The zero-order valence-corrected chi connectivity index (χ0v) is 10.9. The lowest BCUT2D eigenvalue weighted by atomic mass is 10.3. The van der Waals surface area contributed by atoms with Gasteiger partial charge in [0.1, 0.15) is 15.8 Å². The van der Waals surface area contributed by atoms with Crippen molar-refractivity contribution in [3.63, 3.8) is 0 Å². The van der Waals surface area contributed by atoms with Crippen molar-refractivity contribution >= 4 is 26.0 Å². The van der Waals surface area contributed by atoms with E-state index in [9.17, 15) is 12.8 Å². The van der Waals surface area contributed by atoms with Crippen LogP contribution in [-0.4, -0.2) is 37.9 Å². The van der Waals surface area contributed by atoms with Crippen LogP contribution in [0.4, 0.5) is 4.39 Å². The van der Waals surface area contributed by atoms with Gasteiger partial charge in [0.25, 0.3) is 0 Å². The molecule has 17 heavy (non-hydrogen) atoms. The van der Waals surface area contributed by atoms with Crippen molar-refractivity contribution in [3.05, 3.63) is 33.2 Å². The molecule has 0 radical (unpaired) electrons. The summed E-state index contributed by atoms with van der Waals surface area (Å²) in [4.78, 5) is -0.590. The van der Waals surface area contributed by atoms with E-state index in [1.54, 1.807) is 0 Å². The molecule has 0 saturated carbocycles. The van der Waals surface area contributed by atoms with Gasteiger partial charge in [0, 0.05) is 17.7 Å². The number of halogens is 2. The maximum atomic E-state index is 13.4. The van der Waals surface area contributed by atoms with Gasteiger partial charge in [-0.05, 0) is 18.2 Å². The summed E-state index contributed by atoms with van der Waals surface area (Å²) in [7, 11) is -4.22. The molecule has 0 heterocycles. The first kappa shape index (κ1) is 14.5. The smallest absolute Gasteiger partial charge is 0.141 e. The number of aliphatic hydroxyl groups is 2. The van der Waals surface area contributed by atoms with E-state index in [1.165, 1.54) is 6.07 Å². The van der Waals surface area contributed by atoms with Gasteiger partial charge in [-0.2, -0.15) is 0 Å². The van der Waals surface area contributed by atoms with Gasteiger partial charge in [0.15, 0.2) is 0 Å². The maximum absolute atomic E-state index is 13.4. The van der Waals surface area contributed by atoms with Gasteiger partial charge in [0.05, 0.1) is 4.90 Å². The average molecular weight is 327 g/mol. The van der Waals surface area contributed by atoms with Crippen molar-refractivity contribution in [1.82, 2.24) is 0 Å². The normalized spacial score (nSPS) is 12.1. The SMILES string of the molecule is O=S(=O)([N-]C(CO)CO)c1ccc(Br)cc1F. The molecule has 0 saturated heterocycles. The van der Waals surface area contributed by atoms with Crippen LogP contribution in [0.5, 0.6) is 0 Å². The first-order chi connectivity index (χ1) is 7.90. The van der Waals surface area contributed by atoms with Crippen LogP contribution >= 0.6 is 15.9 Å². The number of nitrogens with zero attached hydrogens (tertiary/aromatic N) is 1. The summed E-state index contributed by atoms with van der Waals surface area (Å²) in [5, 5.41) is 17.5. The minimum absolute atomic E-state index is 0.398. The molecule has 0 atom stereocenters. The number of hydrogen-bond donors (Lipinski definition) is 2. The highest BCUT2D eigenvalue weighted by Crippen LogP contribution is 2.24. The van der Waals surface area contributed by atoms with E-state index in [-0.39, 0.29) is 0 Å². The molecule has 1 aromatic carbocycles. The van der Waals surface area contributed by atoms with E-state index in [4.69, 9.17) is 10.2 Å². The van der Waals surface area contributed by atoms with Gasteiger partial charge < -0.3 is 14.9 Å². The first-order valence-corrected chi connectivity index (χ1v) is 6.78. The number of aliphatic hydroxyl groups excluding tert-OH is 2. The van der Waals surface area contributed by atoms with Crippen molar-refractivity contribution in [1.29, 1.82) is 0 Å². The van der Waals surface area contributed by atoms with E-state index in [1.807, 2.05) is 0 Å². The molecule has 0 aromatic heterocycles. The third-order valence-electron chi connectivity index (χ3n) is 1.88. The van der Waals surface area contributed by atoms with Crippen molar-refractivity contribution in [2.24, 2.45) is 0 Å². The molecule has 1 aromatic rings. The first-order valence-electron chi connectivity index (χ1n) is 4.54. The third kappa shape index (κ3) is 3.71. The van der Waals surface area contributed by atoms with E-state index < -0.39 is 40.0 Å². The fraction of sp³-hybridized carbons (Fsp3) is 0.333. The summed E-state index contributed by atoms with van der Waals surface area (Å²) in [6.45, 7) is -1.26. The Morgan fingerprint density at radius 1 is 1.35 bits per heavy atom. The topological polar surface area (TPSA) is 88.7 Å². The lowest BCUT2D eigenvalue weighted by Gasteiger charge is -2.28. The fourth-order valence-corrected chi connectivity index (χ4v) is 2.58. The molecule has 0 amide bonds. The minimum atomic E-state index is -4.22. The number of hydrogen-bond acceptors (Lipinski definition) is 4. The van der Waals surface area contributed by atoms with Crippen LogP contribution in [0.2, 0.25) is 0 Å². The second-order valence-corrected chi connectivity index (χ2v) is 5.69. The zero-order valence-electron chi connectivity index (χ0n) is 8.55. The van der Waals surface area contributed by atoms with Crippen molar-refractivity contribution in [2.75, 3.05) is 13.2 Å². The largest absolute Gasteiger partial charge is 0.538 e. The summed E-state index contributed by atoms with van der Waals surface area (Å²) >= 11 is 3.00. The van der Waals surface area contributed by atoms with Gasteiger partial charge in [-0.25, -0.2) is 12.8 Å². The molecule has 96 valence electrons. The van der Waals surface area contributed by atoms with Crippen LogP contribution < -0.4 is 0 Å². The monoisotopic (exact) mass is 326 g/mol. The van der Waals surface area contributed by atoms with Crippen molar-refractivity contribution < 1.29 is 23.0 Å².